The molecule has 0 aliphatic carbocycles. The number of carboxylic acid groups (broad SMARTS) is 6. The van der Waals surface area contributed by atoms with Gasteiger partial charge in [-0.2, -0.15) is 0 Å². The number of hydrogen-bond acceptors (Lipinski definition) is 14. The molecule has 18 heteroatoms. The van der Waals surface area contributed by atoms with Gasteiger partial charge in [-0.15, -0.1) is 0 Å². The van der Waals surface area contributed by atoms with E-state index in [2.05, 4.69) is 0 Å². The number of carbonyl (C=O) groups excluding carboxylic acids is 6. The third-order valence-corrected chi connectivity index (χ3v) is 2.12. The molecule has 0 atom stereocenters. The van der Waals surface area contributed by atoms with Gasteiger partial charge >= 0.3 is 133 Å². The number of hydrogen-bond donors (Lipinski definition) is 0. The van der Waals surface area contributed by atoms with Crippen molar-refractivity contribution in [1.29, 1.82) is 0 Å². The van der Waals surface area contributed by atoms with E-state index in [1.807, 2.05) is 0 Å². The van der Waals surface area contributed by atoms with Gasteiger partial charge in [0.25, 0.3) is 0 Å². The first-order valence-corrected chi connectivity index (χ1v) is 6.47. The summed E-state index contributed by atoms with van der Waals surface area (Å²) >= 11 is 0. The van der Waals surface area contributed by atoms with E-state index in [0.29, 0.717) is 9.80 Å². The SMILES string of the molecule is O=C([O-])CN(CC(=O)[O-])CC(=O)[O-].O=C([O-])CN(CC(=O)[O-])CC(=O)[O-].[Cd+2].[Cd+2].[Cd+2].[H-].[K+]. The molecule has 0 heterocycles. The molecule has 0 saturated heterocycles. The maximum Gasteiger partial charge on any atom is 2.00 e. The van der Waals surface area contributed by atoms with Gasteiger partial charge in [-0.1, -0.05) is 0 Å². The van der Waals surface area contributed by atoms with E-state index in [9.17, 15) is 59.4 Å². The third kappa shape index (κ3) is 36.5. The Kier molecular flexibility index (Phi) is 39.4. The fourth-order valence-corrected chi connectivity index (χ4v) is 1.43. The summed E-state index contributed by atoms with van der Waals surface area (Å²) in [6.45, 7) is -4.74. The van der Waals surface area contributed by atoms with Crippen LogP contribution in [0.25, 0.3) is 0 Å². The van der Waals surface area contributed by atoms with Crippen molar-refractivity contribution in [3.05, 3.63) is 0 Å². The molecule has 0 radical (unpaired) electrons. The summed E-state index contributed by atoms with van der Waals surface area (Å²) < 4.78 is 0. The van der Waals surface area contributed by atoms with Crippen LogP contribution in [0.15, 0.2) is 0 Å². The van der Waals surface area contributed by atoms with Gasteiger partial charge in [-0.3, -0.25) is 9.80 Å². The van der Waals surface area contributed by atoms with Gasteiger partial charge in [0, 0.05) is 39.3 Å². The molecule has 0 bridgehead atoms. The predicted molar refractivity (Wildman–Crippen MR) is 64.0 cm³/mol. The van der Waals surface area contributed by atoms with Gasteiger partial charge in [-0.25, -0.2) is 0 Å². The average molecular weight is 754 g/mol. The van der Waals surface area contributed by atoms with E-state index in [-0.39, 0.29) is 135 Å². The number of carbonyl (C=O) groups is 6. The molecule has 0 aromatic carbocycles. The Morgan fingerprint density at radius 1 is 0.433 bits per heavy atom. The zero-order valence-corrected chi connectivity index (χ0v) is 31.4. The Morgan fingerprint density at radius 3 is 0.600 bits per heavy atom. The molecule has 14 nitrogen and oxygen atoms in total. The van der Waals surface area contributed by atoms with Crippen LogP contribution in [0, 0.1) is 0 Å². The average Bonchev–Trinajstić information content (AvgIpc) is 2.33. The van der Waals surface area contributed by atoms with Gasteiger partial charge < -0.3 is 60.8 Å². The molecule has 0 aromatic heterocycles. The van der Waals surface area contributed by atoms with Gasteiger partial charge in [0.1, 0.15) is 0 Å². The van der Waals surface area contributed by atoms with Crippen molar-refractivity contribution in [2.75, 3.05) is 39.3 Å². The van der Waals surface area contributed by atoms with Crippen molar-refractivity contribution in [1.82, 2.24) is 9.80 Å². The van der Waals surface area contributed by atoms with Crippen molar-refractivity contribution >= 4 is 35.8 Å². The Hall–Kier alpha value is 1.14. The second-order valence-corrected chi connectivity index (χ2v) is 4.52. The van der Waals surface area contributed by atoms with E-state index in [4.69, 9.17) is 0 Å². The van der Waals surface area contributed by atoms with Gasteiger partial charge in [0.15, 0.2) is 0 Å². The van der Waals surface area contributed by atoms with Crippen LogP contribution < -0.4 is 82.0 Å². The standard InChI is InChI=1S/2C6H9NO6.3Cd.K.H/c2*8-4(9)1-7(2-5(10)11)3-6(12)13;;;;;/h2*1-3H2,(H,8,9)(H,10,11)(H,12,13);;;;;/q;;3*+2;+1;-1/p-6. The summed E-state index contributed by atoms with van der Waals surface area (Å²) in [5, 5.41) is 60.0. The predicted octanol–water partition coefficient (Wildman–Crippen LogP) is -13.8. The molecule has 0 saturated carbocycles. The molecule has 0 aliphatic heterocycles. The minimum absolute atomic E-state index is 0. The number of aliphatic carboxylic acids is 6. The van der Waals surface area contributed by atoms with Crippen LogP contribution >= 0.6 is 0 Å². The first-order valence-electron chi connectivity index (χ1n) is 6.47. The van der Waals surface area contributed by atoms with E-state index in [1.54, 1.807) is 0 Å². The zero-order valence-electron chi connectivity index (χ0n) is 17.2. The molecule has 0 amide bonds. The van der Waals surface area contributed by atoms with E-state index in [0.717, 1.165) is 0 Å². The Bertz CT molecular complexity index is 449. The molecule has 0 N–H and O–H groups in total. The molecule has 0 aromatic rings. The number of rotatable bonds is 12. The first kappa shape index (κ1) is 44.8. The number of nitrogens with zero attached hydrogens (tertiary/aromatic N) is 2. The molecule has 0 unspecified atom stereocenters. The second-order valence-electron chi connectivity index (χ2n) is 4.52. The second kappa shape index (κ2) is 26.4. The van der Waals surface area contributed by atoms with Crippen molar-refractivity contribution < 1.29 is 194 Å². The fourth-order valence-electron chi connectivity index (χ4n) is 1.43. The fraction of sp³-hybridized carbons (Fsp3) is 0.500. The normalized spacial score (nSPS) is 8.60. The van der Waals surface area contributed by atoms with Crippen molar-refractivity contribution in [2.45, 2.75) is 0 Å². The Balaban J connectivity index is -0.0000000640. The molecule has 0 aliphatic rings. The smallest absolute Gasteiger partial charge is 1.00 e. The maximum atomic E-state index is 9.99. The van der Waals surface area contributed by atoms with Crippen LogP contribution in [-0.4, -0.2) is 84.9 Å². The van der Waals surface area contributed by atoms with Crippen molar-refractivity contribution in [2.24, 2.45) is 0 Å². The molecular formula is C12H13Cd3KN2O12. The van der Waals surface area contributed by atoms with E-state index in [1.165, 1.54) is 0 Å². The summed E-state index contributed by atoms with van der Waals surface area (Å²) in [5.74, 6) is -9.40. The maximum absolute atomic E-state index is 9.99. The van der Waals surface area contributed by atoms with Gasteiger partial charge in [-0.05, 0) is 0 Å². The van der Waals surface area contributed by atoms with Crippen LogP contribution in [0.4, 0.5) is 0 Å². The van der Waals surface area contributed by atoms with Crippen LogP contribution in [-0.2, 0) is 111 Å². The minimum Gasteiger partial charge on any atom is -1.00 e. The summed E-state index contributed by atoms with van der Waals surface area (Å²) in [7, 11) is 0. The Labute approximate surface area is 274 Å². The van der Waals surface area contributed by atoms with E-state index < -0.39 is 75.1 Å². The summed E-state index contributed by atoms with van der Waals surface area (Å²) in [6, 6.07) is 0. The third-order valence-electron chi connectivity index (χ3n) is 2.12. The first-order chi connectivity index (χ1) is 11.8. The van der Waals surface area contributed by atoms with Crippen LogP contribution in [0.3, 0.4) is 0 Å². The molecule has 150 valence electrons. The quantitative estimate of drug-likeness (QED) is 0.168. The molecule has 0 rings (SSSR count). The van der Waals surface area contributed by atoms with Crippen molar-refractivity contribution in [3.63, 3.8) is 0 Å². The van der Waals surface area contributed by atoms with Crippen LogP contribution in [0.5, 0.6) is 0 Å². The topological polar surface area (TPSA) is 247 Å². The summed E-state index contributed by atoms with van der Waals surface area (Å²) in [6.07, 6.45) is 0. The minimum atomic E-state index is -1.57. The van der Waals surface area contributed by atoms with Crippen molar-refractivity contribution in [3.8, 4) is 0 Å². The zero-order chi connectivity index (χ0) is 20.9. The van der Waals surface area contributed by atoms with E-state index >= 15 is 0 Å². The monoisotopic (exact) mass is 758 g/mol. The Morgan fingerprint density at radius 2 is 0.533 bits per heavy atom. The van der Waals surface area contributed by atoms with Gasteiger partial charge in [0.05, 0.1) is 35.8 Å². The van der Waals surface area contributed by atoms with Crippen LogP contribution in [0.1, 0.15) is 1.43 Å². The molecule has 30 heavy (non-hydrogen) atoms. The largest absolute Gasteiger partial charge is 2.00 e. The van der Waals surface area contributed by atoms with Gasteiger partial charge in [0.2, 0.25) is 0 Å². The number of carboxylic acids is 6. The molecule has 0 spiro atoms. The summed E-state index contributed by atoms with van der Waals surface area (Å²) in [5.41, 5.74) is 0. The van der Waals surface area contributed by atoms with Crippen LogP contribution in [0.2, 0.25) is 0 Å². The molecule has 0 fully saturated rings. The summed E-state index contributed by atoms with van der Waals surface area (Å²) in [4.78, 5) is 61.2. The molecular weight excluding hydrogens is 740 g/mol.